The van der Waals surface area contributed by atoms with Crippen LogP contribution in [-0.4, -0.2) is 26.2 Å². The van der Waals surface area contributed by atoms with Crippen molar-refractivity contribution in [2.24, 2.45) is 0 Å². The molecule has 0 fully saturated rings. The smallest absolute Gasteiger partial charge is 0.323 e. The number of hydrogen-bond donors (Lipinski definition) is 2. The largest absolute Gasteiger partial charge is 0.461 e. The lowest BCUT2D eigenvalue weighted by Crippen LogP contribution is -2.12. The van der Waals surface area contributed by atoms with Crippen molar-refractivity contribution in [1.29, 1.82) is 0 Å². The Morgan fingerprint density at radius 3 is 2.89 bits per heavy atom. The summed E-state index contributed by atoms with van der Waals surface area (Å²) in [5.41, 5.74) is 5.57. The van der Waals surface area contributed by atoms with E-state index in [0.717, 1.165) is 0 Å². The summed E-state index contributed by atoms with van der Waals surface area (Å²) in [5, 5.41) is 6.54. The summed E-state index contributed by atoms with van der Waals surface area (Å²) in [4.78, 5) is 11.9. The lowest BCUT2D eigenvalue weighted by molar-refractivity contribution is 0.222. The van der Waals surface area contributed by atoms with E-state index in [1.807, 2.05) is 13.8 Å². The van der Waals surface area contributed by atoms with Gasteiger partial charge in [0.15, 0.2) is 5.76 Å². The van der Waals surface area contributed by atoms with Gasteiger partial charge in [0, 0.05) is 6.07 Å². The lowest BCUT2D eigenvalue weighted by Gasteiger charge is -2.09. The van der Waals surface area contributed by atoms with Gasteiger partial charge in [-0.3, -0.25) is 0 Å². The highest BCUT2D eigenvalue weighted by atomic mass is 16.5. The van der Waals surface area contributed by atoms with Crippen LogP contribution < -0.4 is 15.8 Å². The van der Waals surface area contributed by atoms with E-state index in [-0.39, 0.29) is 18.1 Å². The molecule has 0 aliphatic heterocycles. The minimum atomic E-state index is -0.0334. The summed E-state index contributed by atoms with van der Waals surface area (Å²) in [6.45, 7) is 4.16. The predicted molar refractivity (Wildman–Crippen MR) is 63.8 cm³/mol. The normalized spacial score (nSPS) is 10.6. The molecule has 8 heteroatoms. The van der Waals surface area contributed by atoms with Gasteiger partial charge in [0.05, 0.1) is 18.8 Å². The van der Waals surface area contributed by atoms with Gasteiger partial charge in [-0.2, -0.15) is 15.0 Å². The van der Waals surface area contributed by atoms with Gasteiger partial charge < -0.3 is 20.3 Å². The highest BCUT2D eigenvalue weighted by molar-refractivity contribution is 5.32. The van der Waals surface area contributed by atoms with E-state index in [0.29, 0.717) is 18.3 Å². The Kier molecular flexibility index (Phi) is 3.56. The predicted octanol–water partition coefficient (Wildman–Crippen LogP) is 0.841. The molecule has 0 spiro atoms. The van der Waals surface area contributed by atoms with Crippen molar-refractivity contribution in [1.82, 2.24) is 20.1 Å². The van der Waals surface area contributed by atoms with Crippen LogP contribution in [-0.2, 0) is 6.54 Å². The van der Waals surface area contributed by atoms with Crippen LogP contribution in [0.25, 0.3) is 0 Å². The molecule has 2 aromatic heterocycles. The van der Waals surface area contributed by atoms with Gasteiger partial charge in [0.1, 0.15) is 0 Å². The van der Waals surface area contributed by atoms with E-state index in [4.69, 9.17) is 15.0 Å². The number of nitrogens with two attached hydrogens (primary N) is 1. The van der Waals surface area contributed by atoms with Crippen LogP contribution in [0.5, 0.6) is 6.01 Å². The molecule has 0 atom stereocenters. The molecule has 0 aromatic carbocycles. The van der Waals surface area contributed by atoms with Gasteiger partial charge in [-0.05, 0) is 13.8 Å². The maximum absolute atomic E-state index is 5.57. The molecule has 0 unspecified atom stereocenters. The molecule has 2 aromatic rings. The molecule has 0 aliphatic carbocycles. The van der Waals surface area contributed by atoms with Gasteiger partial charge in [-0.1, -0.05) is 5.16 Å². The van der Waals surface area contributed by atoms with Crippen LogP contribution in [0.15, 0.2) is 16.8 Å². The second-order valence-corrected chi connectivity index (χ2v) is 3.80. The third kappa shape index (κ3) is 3.30. The zero-order valence-electron chi connectivity index (χ0n) is 10.1. The van der Waals surface area contributed by atoms with Crippen LogP contribution in [0.4, 0.5) is 11.9 Å². The van der Waals surface area contributed by atoms with Gasteiger partial charge in [-0.25, -0.2) is 0 Å². The van der Waals surface area contributed by atoms with E-state index in [9.17, 15) is 0 Å². The fraction of sp³-hybridized carbons (Fsp3) is 0.400. The van der Waals surface area contributed by atoms with Crippen molar-refractivity contribution in [3.63, 3.8) is 0 Å². The molecule has 96 valence electrons. The summed E-state index contributed by atoms with van der Waals surface area (Å²) in [7, 11) is 0. The third-order valence-electron chi connectivity index (χ3n) is 1.89. The van der Waals surface area contributed by atoms with Crippen LogP contribution in [0.3, 0.4) is 0 Å². The van der Waals surface area contributed by atoms with Gasteiger partial charge >= 0.3 is 6.01 Å². The SMILES string of the molecule is CC(C)Oc1nc(N)nc(NCc2ccno2)n1. The fourth-order valence-electron chi connectivity index (χ4n) is 1.21. The summed E-state index contributed by atoms with van der Waals surface area (Å²) >= 11 is 0. The Bertz CT molecular complexity index is 499. The van der Waals surface area contributed by atoms with Crippen molar-refractivity contribution in [2.75, 3.05) is 11.1 Å². The standard InChI is InChI=1S/C10H14N6O2/c1-6(2)17-10-15-8(11)14-9(16-10)12-5-7-3-4-13-18-7/h3-4,6H,5H2,1-2H3,(H3,11,12,14,15,16). The van der Waals surface area contributed by atoms with Crippen molar-refractivity contribution in [3.05, 3.63) is 18.0 Å². The van der Waals surface area contributed by atoms with Crippen molar-refractivity contribution >= 4 is 11.9 Å². The molecular weight excluding hydrogens is 236 g/mol. The number of rotatable bonds is 5. The van der Waals surface area contributed by atoms with Gasteiger partial charge in [0.2, 0.25) is 11.9 Å². The summed E-state index contributed by atoms with van der Waals surface area (Å²) < 4.78 is 10.3. The number of aromatic nitrogens is 4. The minimum Gasteiger partial charge on any atom is -0.461 e. The van der Waals surface area contributed by atoms with E-state index >= 15 is 0 Å². The molecule has 18 heavy (non-hydrogen) atoms. The maximum atomic E-state index is 5.57. The number of nitrogens with one attached hydrogen (secondary N) is 1. The van der Waals surface area contributed by atoms with Crippen molar-refractivity contribution in [2.45, 2.75) is 26.5 Å². The molecule has 2 heterocycles. The molecule has 0 saturated carbocycles. The molecule has 0 bridgehead atoms. The highest BCUT2D eigenvalue weighted by Crippen LogP contribution is 2.11. The average molecular weight is 250 g/mol. The Morgan fingerprint density at radius 1 is 1.39 bits per heavy atom. The van der Waals surface area contributed by atoms with Gasteiger partial charge in [-0.15, -0.1) is 0 Å². The number of nitrogens with zero attached hydrogens (tertiary/aromatic N) is 4. The van der Waals surface area contributed by atoms with E-state index in [1.54, 1.807) is 12.3 Å². The molecular formula is C10H14N6O2. The number of anilines is 2. The first-order valence-electron chi connectivity index (χ1n) is 5.45. The van der Waals surface area contributed by atoms with E-state index in [2.05, 4.69) is 25.4 Å². The van der Waals surface area contributed by atoms with Crippen molar-refractivity contribution < 1.29 is 9.26 Å². The first-order chi connectivity index (χ1) is 8.63. The Balaban J connectivity index is 2.05. The second kappa shape index (κ2) is 5.30. The van der Waals surface area contributed by atoms with E-state index in [1.165, 1.54) is 0 Å². The van der Waals surface area contributed by atoms with Crippen LogP contribution in [0.1, 0.15) is 19.6 Å². The second-order valence-electron chi connectivity index (χ2n) is 3.80. The molecule has 0 saturated heterocycles. The number of nitrogen functional groups attached to an aromatic ring is 1. The van der Waals surface area contributed by atoms with Gasteiger partial charge in [0.25, 0.3) is 0 Å². The number of ether oxygens (including phenoxy) is 1. The molecule has 0 aliphatic rings. The third-order valence-corrected chi connectivity index (χ3v) is 1.89. The zero-order valence-corrected chi connectivity index (χ0v) is 10.1. The lowest BCUT2D eigenvalue weighted by atomic mass is 10.4. The highest BCUT2D eigenvalue weighted by Gasteiger charge is 2.07. The number of hydrogen-bond acceptors (Lipinski definition) is 8. The molecule has 0 amide bonds. The Labute approximate surface area is 104 Å². The minimum absolute atomic E-state index is 0.0334. The van der Waals surface area contributed by atoms with Crippen LogP contribution in [0, 0.1) is 0 Å². The molecule has 2 rings (SSSR count). The van der Waals surface area contributed by atoms with Crippen LogP contribution >= 0.6 is 0 Å². The molecule has 8 nitrogen and oxygen atoms in total. The fourth-order valence-corrected chi connectivity index (χ4v) is 1.21. The molecule has 0 radical (unpaired) electrons. The Hall–Kier alpha value is -2.38. The Morgan fingerprint density at radius 2 is 2.22 bits per heavy atom. The maximum Gasteiger partial charge on any atom is 0.323 e. The topological polar surface area (TPSA) is 112 Å². The summed E-state index contributed by atoms with van der Waals surface area (Å²) in [6, 6.07) is 1.93. The average Bonchev–Trinajstić information content (AvgIpc) is 2.77. The van der Waals surface area contributed by atoms with Crippen LogP contribution in [0.2, 0.25) is 0 Å². The molecule has 3 N–H and O–H groups in total. The van der Waals surface area contributed by atoms with E-state index < -0.39 is 0 Å². The first-order valence-corrected chi connectivity index (χ1v) is 5.45. The summed E-state index contributed by atoms with van der Waals surface area (Å²) in [6.07, 6.45) is 1.53. The summed E-state index contributed by atoms with van der Waals surface area (Å²) in [5.74, 6) is 1.09. The van der Waals surface area contributed by atoms with Crippen molar-refractivity contribution in [3.8, 4) is 6.01 Å². The monoisotopic (exact) mass is 250 g/mol. The first kappa shape index (κ1) is 12.1. The zero-order chi connectivity index (χ0) is 13.0. The quantitative estimate of drug-likeness (QED) is 0.802.